The number of halogens is 1. The van der Waals surface area contributed by atoms with Crippen molar-refractivity contribution in [2.75, 3.05) is 6.61 Å². The van der Waals surface area contributed by atoms with Gasteiger partial charge in [-0.25, -0.2) is 4.99 Å². The lowest BCUT2D eigenvalue weighted by molar-refractivity contribution is 0.317. The highest BCUT2D eigenvalue weighted by atomic mass is 127. The van der Waals surface area contributed by atoms with Crippen LogP contribution in [0.25, 0.3) is 11.8 Å². The molecule has 0 fully saturated rings. The number of phenolic OH excluding ortho intramolecular Hbond substituents is 1. The number of aromatic nitrogens is 1. The van der Waals surface area contributed by atoms with Gasteiger partial charge in [-0.2, -0.15) is 0 Å². The standard InChI is InChI=1S/C27H21IN2O3S2/c1-2-33-20-13-15(12-19(28)25(20)31)14-22-26(32)30-24(21-8-5-11-34-21)18-10-9-16-6-3-4-7-17(16)23(18)29-27(30)35-22/h3-8,11-14,24,31H,2,9-10H2,1H3/b22-14-/t24-/m1/s1. The minimum absolute atomic E-state index is 0.0430. The number of allylic oxidation sites excluding steroid dienone is 1. The summed E-state index contributed by atoms with van der Waals surface area (Å²) in [5.74, 6) is 0.539. The molecular weight excluding hydrogens is 591 g/mol. The zero-order valence-corrected chi connectivity index (χ0v) is 22.6. The zero-order valence-electron chi connectivity index (χ0n) is 18.8. The number of ether oxygens (including phenoxy) is 1. The lowest BCUT2D eigenvalue weighted by atomic mass is 9.85. The predicted octanol–water partition coefficient (Wildman–Crippen LogP) is 5.09. The van der Waals surface area contributed by atoms with Crippen molar-refractivity contribution in [1.29, 1.82) is 0 Å². The van der Waals surface area contributed by atoms with E-state index in [-0.39, 0.29) is 17.4 Å². The van der Waals surface area contributed by atoms with E-state index >= 15 is 0 Å². The molecule has 0 bridgehead atoms. The van der Waals surface area contributed by atoms with E-state index < -0.39 is 0 Å². The first-order chi connectivity index (χ1) is 17.0. The minimum atomic E-state index is -0.143. The van der Waals surface area contributed by atoms with Crippen molar-refractivity contribution in [3.05, 3.63) is 104 Å². The number of thiophene rings is 1. The fourth-order valence-electron chi connectivity index (χ4n) is 4.81. The molecule has 1 aliphatic carbocycles. The van der Waals surface area contributed by atoms with Crippen LogP contribution in [-0.4, -0.2) is 16.3 Å². The number of thiazole rings is 1. The summed E-state index contributed by atoms with van der Waals surface area (Å²) in [6.07, 6.45) is 3.70. The van der Waals surface area contributed by atoms with Crippen LogP contribution < -0.4 is 19.6 Å². The molecule has 176 valence electrons. The van der Waals surface area contributed by atoms with Gasteiger partial charge in [-0.05, 0) is 88.7 Å². The van der Waals surface area contributed by atoms with Gasteiger partial charge in [-0.15, -0.1) is 11.3 Å². The maximum Gasteiger partial charge on any atom is 0.271 e. The van der Waals surface area contributed by atoms with E-state index in [1.807, 2.05) is 29.7 Å². The smallest absolute Gasteiger partial charge is 0.271 e. The average Bonchev–Trinajstić information content (AvgIpc) is 3.50. The second kappa shape index (κ2) is 9.07. The second-order valence-corrected chi connectivity index (χ2v) is 11.6. The molecule has 8 heteroatoms. The Morgan fingerprint density at radius 1 is 1.23 bits per heavy atom. The molecule has 0 radical (unpaired) electrons. The summed E-state index contributed by atoms with van der Waals surface area (Å²) in [6.45, 7) is 2.32. The van der Waals surface area contributed by atoms with Crippen molar-refractivity contribution in [2.24, 2.45) is 4.99 Å². The summed E-state index contributed by atoms with van der Waals surface area (Å²) in [5, 5.41) is 12.4. The Morgan fingerprint density at radius 3 is 2.89 bits per heavy atom. The van der Waals surface area contributed by atoms with E-state index in [4.69, 9.17) is 9.73 Å². The van der Waals surface area contributed by atoms with E-state index in [9.17, 15) is 9.90 Å². The van der Waals surface area contributed by atoms with Crippen LogP contribution in [0.2, 0.25) is 0 Å². The highest BCUT2D eigenvalue weighted by Gasteiger charge is 2.33. The average molecular weight is 613 g/mol. The fraction of sp³-hybridized carbons (Fsp3) is 0.185. The van der Waals surface area contributed by atoms with Gasteiger partial charge < -0.3 is 9.84 Å². The van der Waals surface area contributed by atoms with Gasteiger partial charge >= 0.3 is 0 Å². The quantitative estimate of drug-likeness (QED) is 0.327. The first-order valence-electron chi connectivity index (χ1n) is 11.4. The molecule has 5 nitrogen and oxygen atoms in total. The van der Waals surface area contributed by atoms with E-state index in [1.54, 1.807) is 17.4 Å². The molecule has 0 unspecified atom stereocenters. The number of fused-ring (bicyclic) bond motifs is 3. The first-order valence-corrected chi connectivity index (χ1v) is 14.1. The third kappa shape index (κ3) is 3.88. The lowest BCUT2D eigenvalue weighted by Gasteiger charge is -2.30. The molecule has 2 aromatic heterocycles. The molecule has 6 rings (SSSR count). The van der Waals surface area contributed by atoms with Crippen LogP contribution in [0, 0.1) is 3.57 Å². The molecule has 35 heavy (non-hydrogen) atoms. The fourth-order valence-corrected chi connectivity index (χ4v) is 7.29. The Kier molecular flexibility index (Phi) is 5.90. The van der Waals surface area contributed by atoms with Gasteiger partial charge in [-0.1, -0.05) is 41.7 Å². The lowest BCUT2D eigenvalue weighted by Crippen LogP contribution is -2.38. The third-order valence-electron chi connectivity index (χ3n) is 6.33. The van der Waals surface area contributed by atoms with Crippen molar-refractivity contribution < 1.29 is 9.84 Å². The highest BCUT2D eigenvalue weighted by Crippen LogP contribution is 2.42. The van der Waals surface area contributed by atoms with Crippen LogP contribution >= 0.6 is 45.3 Å². The Balaban J connectivity index is 1.58. The molecule has 3 heterocycles. The topological polar surface area (TPSA) is 63.8 Å². The van der Waals surface area contributed by atoms with E-state index in [0.717, 1.165) is 29.0 Å². The van der Waals surface area contributed by atoms with Crippen molar-refractivity contribution >= 4 is 57.0 Å². The van der Waals surface area contributed by atoms with E-state index in [1.165, 1.54) is 28.0 Å². The number of aromatic hydroxyl groups is 1. The summed E-state index contributed by atoms with van der Waals surface area (Å²) in [6, 6.07) is 16.1. The molecule has 0 saturated carbocycles. The normalized spacial score (nSPS) is 17.0. The van der Waals surface area contributed by atoms with E-state index in [2.05, 4.69) is 58.3 Å². The number of hydrogen-bond donors (Lipinski definition) is 1. The molecule has 0 saturated heterocycles. The summed E-state index contributed by atoms with van der Waals surface area (Å²) in [5.41, 5.74) is 5.46. The SMILES string of the molecule is CCOc1cc(/C=c2\sc3n(c2=O)[C@@H](c2cccs2)C2=C(N=3)c3ccccc3CC2)cc(I)c1O. The largest absolute Gasteiger partial charge is 0.504 e. The Labute approximate surface area is 223 Å². The molecule has 1 N–H and O–H groups in total. The van der Waals surface area contributed by atoms with Crippen LogP contribution in [-0.2, 0) is 6.42 Å². The van der Waals surface area contributed by atoms with Gasteiger partial charge in [0.25, 0.3) is 5.56 Å². The molecule has 1 atom stereocenters. The van der Waals surface area contributed by atoms with Crippen LogP contribution in [0.5, 0.6) is 11.5 Å². The molecule has 1 aliphatic heterocycles. The Hall–Kier alpha value is -2.69. The second-order valence-electron chi connectivity index (χ2n) is 8.41. The van der Waals surface area contributed by atoms with Gasteiger partial charge in [0.2, 0.25) is 0 Å². The monoisotopic (exact) mass is 612 g/mol. The number of phenols is 1. The van der Waals surface area contributed by atoms with Crippen LogP contribution in [0.1, 0.15) is 41.0 Å². The summed E-state index contributed by atoms with van der Waals surface area (Å²) in [4.78, 5) is 20.7. The van der Waals surface area contributed by atoms with E-state index in [0.29, 0.717) is 25.3 Å². The molecule has 2 aromatic carbocycles. The number of hydrogen-bond acceptors (Lipinski definition) is 6. The summed E-state index contributed by atoms with van der Waals surface area (Å²) < 4.78 is 8.75. The molecule has 2 aliphatic rings. The van der Waals surface area contributed by atoms with Crippen molar-refractivity contribution in [3.8, 4) is 11.5 Å². The summed E-state index contributed by atoms with van der Waals surface area (Å²) >= 11 is 5.17. The zero-order chi connectivity index (χ0) is 24.1. The molecule has 0 amide bonds. The van der Waals surface area contributed by atoms with Gasteiger partial charge in [0.05, 0.1) is 26.4 Å². The van der Waals surface area contributed by atoms with Crippen LogP contribution in [0.15, 0.2) is 69.3 Å². The Bertz CT molecular complexity index is 1670. The number of rotatable bonds is 4. The van der Waals surface area contributed by atoms with Gasteiger partial charge in [-0.3, -0.25) is 9.36 Å². The molecular formula is C27H21IN2O3S2. The predicted molar refractivity (Wildman–Crippen MR) is 149 cm³/mol. The number of aryl methyl sites for hydroxylation is 1. The van der Waals surface area contributed by atoms with Crippen molar-refractivity contribution in [1.82, 2.24) is 4.57 Å². The minimum Gasteiger partial charge on any atom is -0.504 e. The number of nitrogens with zero attached hydrogens (tertiary/aromatic N) is 2. The highest BCUT2D eigenvalue weighted by molar-refractivity contribution is 14.1. The third-order valence-corrected chi connectivity index (χ3v) is 9.06. The van der Waals surface area contributed by atoms with Crippen molar-refractivity contribution in [2.45, 2.75) is 25.8 Å². The molecule has 4 aromatic rings. The maximum absolute atomic E-state index is 13.8. The van der Waals surface area contributed by atoms with Crippen LogP contribution in [0.4, 0.5) is 0 Å². The van der Waals surface area contributed by atoms with Gasteiger partial charge in [0.1, 0.15) is 0 Å². The Morgan fingerprint density at radius 2 is 2.09 bits per heavy atom. The van der Waals surface area contributed by atoms with Gasteiger partial charge in [0.15, 0.2) is 16.3 Å². The van der Waals surface area contributed by atoms with Crippen LogP contribution in [0.3, 0.4) is 0 Å². The number of benzene rings is 2. The maximum atomic E-state index is 13.8. The first kappa shape index (κ1) is 22.8. The van der Waals surface area contributed by atoms with Gasteiger partial charge in [0, 0.05) is 10.4 Å². The summed E-state index contributed by atoms with van der Waals surface area (Å²) in [7, 11) is 0. The molecule has 0 spiro atoms. The van der Waals surface area contributed by atoms with Crippen molar-refractivity contribution in [3.63, 3.8) is 0 Å².